The molecule has 0 fully saturated rings. The van der Waals surface area contributed by atoms with Crippen LogP contribution in [-0.2, 0) is 9.53 Å². The third-order valence-electron chi connectivity index (χ3n) is 2.00. The van der Waals surface area contributed by atoms with Crippen LogP contribution < -0.4 is 5.32 Å². The first kappa shape index (κ1) is 11.5. The minimum atomic E-state index is -0.376. The molecule has 1 heterocycles. The van der Waals surface area contributed by atoms with Gasteiger partial charge in [-0.05, 0) is 32.4 Å². The summed E-state index contributed by atoms with van der Waals surface area (Å²) in [6, 6.07) is 3.42. The average Bonchev–Trinajstić information content (AvgIpc) is 2.21. The summed E-state index contributed by atoms with van der Waals surface area (Å²) in [7, 11) is 0. The molecule has 1 N–H and O–H groups in total. The summed E-state index contributed by atoms with van der Waals surface area (Å²) in [5.74, 6) is 0.459. The van der Waals surface area contributed by atoms with E-state index in [-0.39, 0.29) is 12.0 Å². The van der Waals surface area contributed by atoms with Gasteiger partial charge in [-0.1, -0.05) is 6.07 Å². The Bertz CT molecular complexity index is 339. The second-order valence-electron chi connectivity index (χ2n) is 3.29. The van der Waals surface area contributed by atoms with Crippen LogP contribution >= 0.6 is 0 Å². The van der Waals surface area contributed by atoms with Crippen LogP contribution in [0.3, 0.4) is 0 Å². The van der Waals surface area contributed by atoms with Crippen molar-refractivity contribution in [2.75, 3.05) is 11.9 Å². The van der Waals surface area contributed by atoms with Crippen molar-refractivity contribution in [1.82, 2.24) is 4.98 Å². The molecule has 4 heteroatoms. The van der Waals surface area contributed by atoms with Crippen LogP contribution in [-0.4, -0.2) is 23.6 Å². The quantitative estimate of drug-likeness (QED) is 0.766. The zero-order valence-electron chi connectivity index (χ0n) is 9.28. The molecule has 4 nitrogen and oxygen atoms in total. The minimum absolute atomic E-state index is 0.262. The van der Waals surface area contributed by atoms with Gasteiger partial charge in [-0.2, -0.15) is 0 Å². The second kappa shape index (κ2) is 5.34. The smallest absolute Gasteiger partial charge is 0.328 e. The lowest BCUT2D eigenvalue weighted by Gasteiger charge is -2.14. The summed E-state index contributed by atoms with van der Waals surface area (Å²) in [6.45, 7) is 5.88. The summed E-state index contributed by atoms with van der Waals surface area (Å²) in [4.78, 5) is 15.5. The van der Waals surface area contributed by atoms with Crippen molar-refractivity contribution in [2.45, 2.75) is 26.8 Å². The van der Waals surface area contributed by atoms with Gasteiger partial charge in [-0.25, -0.2) is 9.78 Å². The Hall–Kier alpha value is -1.58. The summed E-state index contributed by atoms with van der Waals surface area (Å²) < 4.78 is 4.89. The fraction of sp³-hybridized carbons (Fsp3) is 0.455. The summed E-state index contributed by atoms with van der Waals surface area (Å²) in [6.07, 6.45) is 1.69. The number of carbonyl (C=O) groups excluding carboxylic acids is 1. The van der Waals surface area contributed by atoms with Crippen LogP contribution in [0.5, 0.6) is 0 Å². The molecule has 0 aliphatic heterocycles. The summed E-state index contributed by atoms with van der Waals surface area (Å²) >= 11 is 0. The predicted octanol–water partition coefficient (Wildman–Crippen LogP) is 1.75. The molecule has 15 heavy (non-hydrogen) atoms. The number of pyridine rings is 1. The SMILES string of the molecule is CCOC(=O)C(C)Nc1ncccc1C. The van der Waals surface area contributed by atoms with Crippen LogP contribution in [0, 0.1) is 6.92 Å². The number of carbonyl (C=O) groups is 1. The van der Waals surface area contributed by atoms with Crippen molar-refractivity contribution in [1.29, 1.82) is 0 Å². The third-order valence-corrected chi connectivity index (χ3v) is 2.00. The average molecular weight is 208 g/mol. The lowest BCUT2D eigenvalue weighted by molar-refractivity contribution is -0.143. The predicted molar refractivity (Wildman–Crippen MR) is 58.7 cm³/mol. The number of ether oxygens (including phenoxy) is 1. The molecular formula is C11H16N2O2. The van der Waals surface area contributed by atoms with E-state index in [2.05, 4.69) is 10.3 Å². The van der Waals surface area contributed by atoms with Crippen LogP contribution in [0.2, 0.25) is 0 Å². The van der Waals surface area contributed by atoms with E-state index in [4.69, 9.17) is 4.74 Å². The van der Waals surface area contributed by atoms with E-state index >= 15 is 0 Å². The first-order valence-corrected chi connectivity index (χ1v) is 5.00. The van der Waals surface area contributed by atoms with E-state index in [0.717, 1.165) is 11.4 Å². The van der Waals surface area contributed by atoms with Crippen molar-refractivity contribution >= 4 is 11.8 Å². The first-order valence-electron chi connectivity index (χ1n) is 5.00. The molecule has 82 valence electrons. The van der Waals surface area contributed by atoms with E-state index in [1.54, 1.807) is 20.0 Å². The Morgan fingerprint density at radius 3 is 3.00 bits per heavy atom. The van der Waals surface area contributed by atoms with Gasteiger partial charge < -0.3 is 10.1 Å². The highest BCUT2D eigenvalue weighted by molar-refractivity contribution is 5.78. The number of rotatable bonds is 4. The number of anilines is 1. The highest BCUT2D eigenvalue weighted by Gasteiger charge is 2.14. The van der Waals surface area contributed by atoms with E-state index in [0.29, 0.717) is 6.61 Å². The fourth-order valence-electron chi connectivity index (χ4n) is 1.17. The number of hydrogen-bond acceptors (Lipinski definition) is 4. The van der Waals surface area contributed by atoms with E-state index in [1.165, 1.54) is 0 Å². The van der Waals surface area contributed by atoms with Gasteiger partial charge in [-0.15, -0.1) is 0 Å². The Balaban J connectivity index is 2.62. The number of esters is 1. The Morgan fingerprint density at radius 2 is 2.40 bits per heavy atom. The second-order valence-corrected chi connectivity index (χ2v) is 3.29. The maximum Gasteiger partial charge on any atom is 0.328 e. The van der Waals surface area contributed by atoms with Crippen LogP contribution in [0.25, 0.3) is 0 Å². The minimum Gasteiger partial charge on any atom is -0.464 e. The summed E-state index contributed by atoms with van der Waals surface area (Å²) in [5, 5.41) is 3.01. The molecule has 0 spiro atoms. The molecule has 0 radical (unpaired) electrons. The molecule has 0 saturated carbocycles. The largest absolute Gasteiger partial charge is 0.464 e. The lowest BCUT2D eigenvalue weighted by atomic mass is 10.2. The highest BCUT2D eigenvalue weighted by Crippen LogP contribution is 2.10. The van der Waals surface area contributed by atoms with Crippen molar-refractivity contribution in [3.8, 4) is 0 Å². The molecular weight excluding hydrogens is 192 g/mol. The highest BCUT2D eigenvalue weighted by atomic mass is 16.5. The molecule has 0 aromatic carbocycles. The number of aromatic nitrogens is 1. The van der Waals surface area contributed by atoms with Gasteiger partial charge in [-0.3, -0.25) is 0 Å². The maximum atomic E-state index is 11.3. The molecule has 1 unspecified atom stereocenters. The molecule has 0 aliphatic carbocycles. The molecule has 0 saturated heterocycles. The van der Waals surface area contributed by atoms with Crippen molar-refractivity contribution in [3.63, 3.8) is 0 Å². The topological polar surface area (TPSA) is 51.2 Å². The van der Waals surface area contributed by atoms with Crippen LogP contribution in [0.4, 0.5) is 5.82 Å². The number of nitrogens with one attached hydrogen (secondary N) is 1. The lowest BCUT2D eigenvalue weighted by Crippen LogP contribution is -2.28. The standard InChI is InChI=1S/C11H16N2O2/c1-4-15-11(14)9(3)13-10-8(2)6-5-7-12-10/h5-7,9H,4H2,1-3H3,(H,12,13). The third kappa shape index (κ3) is 3.23. The van der Waals surface area contributed by atoms with Crippen molar-refractivity contribution < 1.29 is 9.53 Å². The van der Waals surface area contributed by atoms with Crippen molar-refractivity contribution in [2.24, 2.45) is 0 Å². The zero-order chi connectivity index (χ0) is 11.3. The van der Waals surface area contributed by atoms with Gasteiger partial charge in [0.05, 0.1) is 6.61 Å². The molecule has 1 rings (SSSR count). The monoisotopic (exact) mass is 208 g/mol. The number of aryl methyl sites for hydroxylation is 1. The van der Waals surface area contributed by atoms with Gasteiger partial charge in [0.2, 0.25) is 0 Å². The molecule has 1 aromatic heterocycles. The molecule has 0 bridgehead atoms. The van der Waals surface area contributed by atoms with E-state index in [9.17, 15) is 4.79 Å². The Morgan fingerprint density at radius 1 is 1.67 bits per heavy atom. The maximum absolute atomic E-state index is 11.3. The van der Waals surface area contributed by atoms with Gasteiger partial charge in [0.1, 0.15) is 11.9 Å². The number of nitrogens with zero attached hydrogens (tertiary/aromatic N) is 1. The van der Waals surface area contributed by atoms with Gasteiger partial charge in [0.25, 0.3) is 0 Å². The van der Waals surface area contributed by atoms with Crippen LogP contribution in [0.15, 0.2) is 18.3 Å². The molecule has 0 aliphatic rings. The Kier molecular flexibility index (Phi) is 4.09. The van der Waals surface area contributed by atoms with E-state index < -0.39 is 0 Å². The number of hydrogen-bond donors (Lipinski definition) is 1. The first-order chi connectivity index (χ1) is 7.15. The molecule has 0 amide bonds. The van der Waals surface area contributed by atoms with Crippen LogP contribution in [0.1, 0.15) is 19.4 Å². The Labute approximate surface area is 89.7 Å². The van der Waals surface area contributed by atoms with Gasteiger partial charge in [0.15, 0.2) is 0 Å². The van der Waals surface area contributed by atoms with Crippen molar-refractivity contribution in [3.05, 3.63) is 23.9 Å². The van der Waals surface area contributed by atoms with Gasteiger partial charge in [0, 0.05) is 6.20 Å². The molecule has 1 aromatic rings. The van der Waals surface area contributed by atoms with E-state index in [1.807, 2.05) is 19.1 Å². The summed E-state index contributed by atoms with van der Waals surface area (Å²) in [5.41, 5.74) is 1.01. The fourth-order valence-corrected chi connectivity index (χ4v) is 1.17. The van der Waals surface area contributed by atoms with Gasteiger partial charge >= 0.3 is 5.97 Å². The zero-order valence-corrected chi connectivity index (χ0v) is 9.28. The normalized spacial score (nSPS) is 11.9. The molecule has 1 atom stereocenters.